The fourth-order valence-electron chi connectivity index (χ4n) is 1.60. The van der Waals surface area contributed by atoms with Crippen LogP contribution in [0.1, 0.15) is 11.1 Å². The van der Waals surface area contributed by atoms with Crippen LogP contribution in [0.4, 0.5) is 5.69 Å². The second kappa shape index (κ2) is 4.98. The summed E-state index contributed by atoms with van der Waals surface area (Å²) < 4.78 is 26.6. The summed E-state index contributed by atoms with van der Waals surface area (Å²) in [5.74, 6) is 0. The lowest BCUT2D eigenvalue weighted by Crippen LogP contribution is -2.15. The normalized spacial score (nSPS) is 11.2. The first-order valence-corrected chi connectivity index (χ1v) is 7.21. The zero-order valence-corrected chi connectivity index (χ0v) is 11.7. The average Bonchev–Trinajstić information content (AvgIpc) is 2.80. The van der Waals surface area contributed by atoms with Crippen LogP contribution in [0.25, 0.3) is 0 Å². The van der Waals surface area contributed by atoms with Gasteiger partial charge in [-0.2, -0.15) is 5.10 Å². The van der Waals surface area contributed by atoms with Gasteiger partial charge in [-0.05, 0) is 24.6 Å². The molecule has 100 valence electrons. The van der Waals surface area contributed by atoms with E-state index in [9.17, 15) is 8.42 Å². The molecular weight excluding hydrogens is 284 g/mol. The highest BCUT2D eigenvalue weighted by atomic mass is 32.2. The van der Waals surface area contributed by atoms with Crippen molar-refractivity contribution in [2.45, 2.75) is 11.8 Å². The smallest absolute Gasteiger partial charge is 0.262 e. The van der Waals surface area contributed by atoms with Gasteiger partial charge < -0.3 is 5.73 Å². The van der Waals surface area contributed by atoms with Crippen LogP contribution in [0.15, 0.2) is 35.5 Å². The van der Waals surface area contributed by atoms with Crippen molar-refractivity contribution >= 4 is 32.9 Å². The molecule has 0 atom stereocenters. The molecular formula is C11H12N4O2S2. The first-order chi connectivity index (χ1) is 8.90. The van der Waals surface area contributed by atoms with E-state index in [1.54, 1.807) is 13.0 Å². The van der Waals surface area contributed by atoms with E-state index < -0.39 is 10.0 Å². The predicted octanol–water partition coefficient (Wildman–Crippen LogP) is 1.15. The molecule has 2 rings (SSSR count). The summed E-state index contributed by atoms with van der Waals surface area (Å²) in [6.45, 7) is 1.76. The van der Waals surface area contributed by atoms with E-state index in [1.807, 2.05) is 0 Å². The first kappa shape index (κ1) is 13.5. The van der Waals surface area contributed by atoms with E-state index in [2.05, 4.69) is 14.9 Å². The number of sulfonamides is 1. The average molecular weight is 296 g/mol. The van der Waals surface area contributed by atoms with Gasteiger partial charge in [0.15, 0.2) is 0 Å². The number of aromatic nitrogens is 2. The number of nitrogens with zero attached hydrogens (tertiary/aromatic N) is 1. The highest BCUT2D eigenvalue weighted by molar-refractivity contribution is 7.92. The number of hydrogen-bond donors (Lipinski definition) is 3. The number of aromatic amines is 1. The number of anilines is 1. The van der Waals surface area contributed by atoms with Gasteiger partial charge in [0.05, 0.1) is 16.8 Å². The number of aryl methyl sites for hydroxylation is 1. The summed E-state index contributed by atoms with van der Waals surface area (Å²) in [6.07, 6.45) is 2.83. The molecule has 0 saturated carbocycles. The lowest BCUT2D eigenvalue weighted by Gasteiger charge is -2.09. The molecule has 0 amide bonds. The molecule has 0 radical (unpaired) electrons. The SMILES string of the molecule is Cc1cc(S(=O)(=O)Nc2cn[nH]c2)ccc1C(N)=S. The highest BCUT2D eigenvalue weighted by Gasteiger charge is 2.16. The minimum Gasteiger partial charge on any atom is -0.389 e. The van der Waals surface area contributed by atoms with E-state index >= 15 is 0 Å². The molecule has 1 aromatic carbocycles. The molecule has 0 spiro atoms. The summed E-state index contributed by atoms with van der Waals surface area (Å²) in [4.78, 5) is 0.385. The zero-order valence-electron chi connectivity index (χ0n) is 10.0. The molecule has 0 fully saturated rings. The van der Waals surface area contributed by atoms with Crippen molar-refractivity contribution in [1.29, 1.82) is 0 Å². The van der Waals surface area contributed by atoms with Gasteiger partial charge in [0, 0.05) is 11.8 Å². The molecule has 0 aliphatic carbocycles. The fourth-order valence-corrected chi connectivity index (χ4v) is 2.95. The molecule has 0 aliphatic rings. The van der Waals surface area contributed by atoms with Crippen molar-refractivity contribution in [1.82, 2.24) is 10.2 Å². The summed E-state index contributed by atoms with van der Waals surface area (Å²) in [6, 6.07) is 4.59. The van der Waals surface area contributed by atoms with Gasteiger partial charge in [0.1, 0.15) is 4.99 Å². The van der Waals surface area contributed by atoms with Crippen LogP contribution < -0.4 is 10.5 Å². The summed E-state index contributed by atoms with van der Waals surface area (Å²) in [5, 5.41) is 6.20. The lowest BCUT2D eigenvalue weighted by molar-refractivity contribution is 0.601. The van der Waals surface area contributed by atoms with Crippen molar-refractivity contribution in [3.63, 3.8) is 0 Å². The Hall–Kier alpha value is -1.93. The first-order valence-electron chi connectivity index (χ1n) is 5.32. The van der Waals surface area contributed by atoms with E-state index in [4.69, 9.17) is 18.0 Å². The maximum atomic E-state index is 12.1. The van der Waals surface area contributed by atoms with Crippen LogP contribution in [0.2, 0.25) is 0 Å². The zero-order chi connectivity index (χ0) is 14.0. The number of rotatable bonds is 4. The molecule has 1 heterocycles. The lowest BCUT2D eigenvalue weighted by atomic mass is 10.1. The van der Waals surface area contributed by atoms with Crippen LogP contribution in [0, 0.1) is 6.92 Å². The van der Waals surface area contributed by atoms with Crippen molar-refractivity contribution in [3.8, 4) is 0 Å². The van der Waals surface area contributed by atoms with Gasteiger partial charge >= 0.3 is 0 Å². The van der Waals surface area contributed by atoms with E-state index in [0.717, 1.165) is 0 Å². The van der Waals surface area contributed by atoms with Crippen LogP contribution in [0.3, 0.4) is 0 Å². The maximum Gasteiger partial charge on any atom is 0.262 e. The Morgan fingerprint density at radius 1 is 1.47 bits per heavy atom. The fraction of sp³-hybridized carbons (Fsp3) is 0.0909. The van der Waals surface area contributed by atoms with E-state index in [-0.39, 0.29) is 9.88 Å². The topological polar surface area (TPSA) is 101 Å². The van der Waals surface area contributed by atoms with Crippen LogP contribution >= 0.6 is 12.2 Å². The Morgan fingerprint density at radius 2 is 2.21 bits per heavy atom. The van der Waals surface area contributed by atoms with Gasteiger partial charge in [0.25, 0.3) is 10.0 Å². The van der Waals surface area contributed by atoms with Crippen LogP contribution in [0.5, 0.6) is 0 Å². The van der Waals surface area contributed by atoms with Gasteiger partial charge in [-0.1, -0.05) is 18.3 Å². The van der Waals surface area contributed by atoms with Crippen LogP contribution in [-0.2, 0) is 10.0 Å². The Morgan fingerprint density at radius 3 is 2.74 bits per heavy atom. The van der Waals surface area contributed by atoms with Gasteiger partial charge in [0.2, 0.25) is 0 Å². The third-order valence-electron chi connectivity index (χ3n) is 2.52. The number of hydrogen-bond acceptors (Lipinski definition) is 4. The van der Waals surface area contributed by atoms with E-state index in [1.165, 1.54) is 24.5 Å². The van der Waals surface area contributed by atoms with Crippen molar-refractivity contribution in [2.75, 3.05) is 4.72 Å². The third kappa shape index (κ3) is 2.91. The molecule has 4 N–H and O–H groups in total. The Bertz CT molecular complexity index is 708. The third-order valence-corrected chi connectivity index (χ3v) is 4.12. The maximum absolute atomic E-state index is 12.1. The number of thiocarbonyl (C=S) groups is 1. The number of H-pyrrole nitrogens is 1. The number of nitrogens with one attached hydrogen (secondary N) is 2. The van der Waals surface area contributed by atoms with Crippen molar-refractivity contribution in [2.24, 2.45) is 5.73 Å². The molecule has 0 saturated heterocycles. The molecule has 1 aromatic heterocycles. The van der Waals surface area contributed by atoms with Crippen LogP contribution in [-0.4, -0.2) is 23.6 Å². The largest absolute Gasteiger partial charge is 0.389 e. The van der Waals surface area contributed by atoms with Crippen molar-refractivity contribution in [3.05, 3.63) is 41.7 Å². The molecule has 19 heavy (non-hydrogen) atoms. The standard InChI is InChI=1S/C11H12N4O2S2/c1-7-4-9(2-3-10(7)11(12)18)19(16,17)15-8-5-13-14-6-8/h2-6,15H,1H3,(H2,12,18)(H,13,14). The minimum absolute atomic E-state index is 0.145. The number of nitrogens with two attached hydrogens (primary N) is 1. The second-order valence-electron chi connectivity index (χ2n) is 3.93. The highest BCUT2D eigenvalue weighted by Crippen LogP contribution is 2.18. The molecule has 0 unspecified atom stereocenters. The minimum atomic E-state index is -3.64. The Kier molecular flexibility index (Phi) is 3.54. The van der Waals surface area contributed by atoms with Gasteiger partial charge in [-0.15, -0.1) is 0 Å². The van der Waals surface area contributed by atoms with E-state index in [0.29, 0.717) is 16.8 Å². The molecule has 0 bridgehead atoms. The predicted molar refractivity (Wildman–Crippen MR) is 76.5 cm³/mol. The molecule has 0 aliphatic heterocycles. The molecule has 2 aromatic rings. The Labute approximate surface area is 116 Å². The monoisotopic (exact) mass is 296 g/mol. The summed E-state index contributed by atoms with van der Waals surface area (Å²) in [5.41, 5.74) is 7.28. The van der Waals surface area contributed by atoms with Crippen molar-refractivity contribution < 1.29 is 8.42 Å². The summed E-state index contributed by atoms with van der Waals surface area (Å²) >= 11 is 4.88. The quantitative estimate of drug-likeness (QED) is 0.735. The Balaban J connectivity index is 2.36. The van der Waals surface area contributed by atoms with Gasteiger partial charge in [-0.3, -0.25) is 9.82 Å². The van der Waals surface area contributed by atoms with Gasteiger partial charge in [-0.25, -0.2) is 8.42 Å². The summed E-state index contributed by atoms with van der Waals surface area (Å²) in [7, 11) is -3.64. The molecule has 8 heteroatoms. The number of benzene rings is 1. The molecule has 6 nitrogen and oxygen atoms in total. The second-order valence-corrected chi connectivity index (χ2v) is 6.06.